The van der Waals surface area contributed by atoms with Gasteiger partial charge in [-0.05, 0) is 148 Å². The molecule has 2 rings (SSSR count). The van der Waals surface area contributed by atoms with Crippen LogP contribution in [-0.4, -0.2) is 176 Å². The van der Waals surface area contributed by atoms with Crippen molar-refractivity contribution in [2.45, 2.75) is 44.4 Å². The second kappa shape index (κ2) is 24.7. The summed E-state index contributed by atoms with van der Waals surface area (Å²) >= 11 is 11.6. The van der Waals surface area contributed by atoms with Gasteiger partial charge in [-0.3, -0.25) is 19.2 Å². The van der Waals surface area contributed by atoms with Crippen LogP contribution in [0.4, 0.5) is 11.4 Å². The second-order valence-electron chi connectivity index (χ2n) is 12.4. The van der Waals surface area contributed by atoms with Crippen LogP contribution in [0.3, 0.4) is 0 Å². The zero-order chi connectivity index (χ0) is 42.8. The van der Waals surface area contributed by atoms with E-state index in [0.717, 1.165) is 9.80 Å². The Morgan fingerprint density at radius 3 is 0.982 bits per heavy atom. The number of amides is 4. The standard InChI is InChI=1S/C33H42I6N4O13/c1-15(48)42(30-24(36)3-22(34)26(28(30)38)32(55)40(5-18(51)11-44)6-19(52)12-45)9-17(50)10-43(16(2)49)31-25(37)4-23(35)27(29(31)39)33(56)41(7-20(53)13-46)8-21(54)14-47/h3-4,17-21,44-47,50-54H,5-14H2,1-2H3. The van der Waals surface area contributed by atoms with Gasteiger partial charge in [0.25, 0.3) is 11.8 Å². The maximum Gasteiger partial charge on any atom is 0.256 e. The quantitative estimate of drug-likeness (QED) is 0.0814. The number of hydrogen-bond acceptors (Lipinski definition) is 13. The van der Waals surface area contributed by atoms with Crippen LogP contribution in [0.2, 0.25) is 0 Å². The number of hydrogen-bond donors (Lipinski definition) is 9. The van der Waals surface area contributed by atoms with Gasteiger partial charge < -0.3 is 65.6 Å². The molecule has 0 aliphatic heterocycles. The highest BCUT2D eigenvalue weighted by atomic mass is 127. The molecule has 0 saturated heterocycles. The van der Waals surface area contributed by atoms with E-state index in [4.69, 9.17) is 0 Å². The van der Waals surface area contributed by atoms with Crippen LogP contribution in [0, 0.1) is 21.4 Å². The number of benzene rings is 2. The minimum absolute atomic E-state index is 0.107. The van der Waals surface area contributed by atoms with Crippen LogP contribution < -0.4 is 9.80 Å². The van der Waals surface area contributed by atoms with Crippen molar-refractivity contribution in [1.29, 1.82) is 0 Å². The summed E-state index contributed by atoms with van der Waals surface area (Å²) in [5.74, 6) is -2.35. The maximum atomic E-state index is 13.9. The van der Waals surface area contributed by atoms with Crippen LogP contribution >= 0.6 is 136 Å². The van der Waals surface area contributed by atoms with E-state index < -0.39 is 80.6 Å². The van der Waals surface area contributed by atoms with Crippen molar-refractivity contribution in [3.8, 4) is 0 Å². The number of anilines is 2. The first-order valence-corrected chi connectivity index (χ1v) is 23.0. The molecule has 4 atom stereocenters. The monoisotopic (exact) mass is 1460 g/mol. The van der Waals surface area contributed by atoms with E-state index in [1.54, 1.807) is 12.1 Å². The molecule has 4 amide bonds. The minimum Gasteiger partial charge on any atom is -0.394 e. The molecule has 0 aliphatic carbocycles. The topological polar surface area (TPSA) is 263 Å². The third-order valence-electron chi connectivity index (χ3n) is 7.95. The van der Waals surface area contributed by atoms with Crippen molar-refractivity contribution in [1.82, 2.24) is 9.80 Å². The van der Waals surface area contributed by atoms with Gasteiger partial charge in [0, 0.05) is 54.3 Å². The Bertz CT molecular complexity index is 1580. The van der Waals surface area contributed by atoms with Crippen molar-refractivity contribution in [3.05, 3.63) is 44.7 Å². The molecule has 23 heteroatoms. The van der Waals surface area contributed by atoms with E-state index >= 15 is 0 Å². The van der Waals surface area contributed by atoms with Crippen LogP contribution in [0.1, 0.15) is 34.6 Å². The lowest BCUT2D eigenvalue weighted by Gasteiger charge is -2.32. The third kappa shape index (κ3) is 14.2. The Morgan fingerprint density at radius 1 is 0.482 bits per heavy atom. The molecule has 0 fully saturated rings. The van der Waals surface area contributed by atoms with Crippen molar-refractivity contribution in [2.75, 3.05) is 75.5 Å². The summed E-state index contributed by atoms with van der Waals surface area (Å²) in [5.41, 5.74) is 0.746. The van der Waals surface area contributed by atoms with E-state index in [9.17, 15) is 65.1 Å². The lowest BCUT2D eigenvalue weighted by Crippen LogP contribution is -2.46. The fourth-order valence-electron chi connectivity index (χ4n) is 5.33. The molecular formula is C33H42I6N4O13. The molecule has 0 aliphatic rings. The summed E-state index contributed by atoms with van der Waals surface area (Å²) in [5, 5.41) is 89.9. The number of carbonyl (C=O) groups excluding carboxylic acids is 4. The summed E-state index contributed by atoms with van der Waals surface area (Å²) < 4.78 is 2.57. The minimum atomic E-state index is -1.40. The van der Waals surface area contributed by atoms with Crippen molar-refractivity contribution in [3.63, 3.8) is 0 Å². The zero-order valence-corrected chi connectivity index (χ0v) is 42.8. The molecule has 4 unspecified atom stereocenters. The molecule has 56 heavy (non-hydrogen) atoms. The predicted octanol–water partition coefficient (Wildman–Crippen LogP) is 0.378. The first-order valence-electron chi connectivity index (χ1n) is 16.5. The van der Waals surface area contributed by atoms with Crippen LogP contribution in [0.25, 0.3) is 0 Å². The Balaban J connectivity index is 2.62. The number of carbonyl (C=O) groups is 4. The summed E-state index contributed by atoms with van der Waals surface area (Å²) in [6.45, 7) is -2.33. The number of halogens is 6. The maximum absolute atomic E-state index is 13.9. The number of rotatable bonds is 20. The molecule has 0 saturated carbocycles. The first-order chi connectivity index (χ1) is 26.1. The van der Waals surface area contributed by atoms with Gasteiger partial charge in [0.1, 0.15) is 0 Å². The Labute approximate surface area is 405 Å². The lowest BCUT2D eigenvalue weighted by molar-refractivity contribution is -0.117. The molecule has 2 aromatic carbocycles. The van der Waals surface area contributed by atoms with E-state index in [2.05, 4.69) is 0 Å². The van der Waals surface area contributed by atoms with Gasteiger partial charge >= 0.3 is 0 Å². The van der Waals surface area contributed by atoms with Crippen LogP contribution in [-0.2, 0) is 9.59 Å². The summed E-state index contributed by atoms with van der Waals surface area (Å²) in [6, 6.07) is 3.27. The van der Waals surface area contributed by atoms with E-state index in [-0.39, 0.29) is 61.8 Å². The molecule has 0 spiro atoms. The van der Waals surface area contributed by atoms with Gasteiger partial charge in [0.05, 0.1) is 99.7 Å². The summed E-state index contributed by atoms with van der Waals surface area (Å²) in [7, 11) is 0. The smallest absolute Gasteiger partial charge is 0.256 e. The summed E-state index contributed by atoms with van der Waals surface area (Å²) in [6.07, 6.45) is -6.78. The largest absolute Gasteiger partial charge is 0.394 e. The fraction of sp³-hybridized carbons (Fsp3) is 0.515. The fourth-order valence-corrected chi connectivity index (χ4v) is 14.2. The van der Waals surface area contributed by atoms with Crippen molar-refractivity contribution < 1.29 is 65.1 Å². The number of aliphatic hydroxyl groups is 9. The third-order valence-corrected chi connectivity index (χ3v) is 13.4. The highest BCUT2D eigenvalue weighted by molar-refractivity contribution is 14.1. The number of aliphatic hydroxyl groups excluding tert-OH is 9. The van der Waals surface area contributed by atoms with Gasteiger partial charge in [-0.1, -0.05) is 0 Å². The number of nitrogens with zero attached hydrogens (tertiary/aromatic N) is 4. The molecule has 0 aromatic heterocycles. The molecule has 314 valence electrons. The van der Waals surface area contributed by atoms with Gasteiger partial charge in [-0.2, -0.15) is 0 Å². The molecule has 9 N–H and O–H groups in total. The van der Waals surface area contributed by atoms with Gasteiger partial charge in [0.15, 0.2) is 0 Å². The van der Waals surface area contributed by atoms with E-state index in [1.165, 1.54) is 23.6 Å². The second-order valence-corrected chi connectivity index (χ2v) is 19.2. The van der Waals surface area contributed by atoms with Gasteiger partial charge in [0.2, 0.25) is 11.8 Å². The predicted molar refractivity (Wildman–Crippen MR) is 255 cm³/mol. The van der Waals surface area contributed by atoms with E-state index in [1.807, 2.05) is 136 Å². The highest BCUT2D eigenvalue weighted by Gasteiger charge is 2.33. The normalized spacial score (nSPS) is 14.1. The molecule has 0 bridgehead atoms. The Kier molecular flexibility index (Phi) is 23.1. The molecule has 0 heterocycles. The van der Waals surface area contributed by atoms with Crippen LogP contribution in [0.15, 0.2) is 12.1 Å². The average Bonchev–Trinajstić information content (AvgIpc) is 3.12. The first kappa shape index (κ1) is 52.5. The van der Waals surface area contributed by atoms with Gasteiger partial charge in [-0.25, -0.2) is 0 Å². The van der Waals surface area contributed by atoms with Crippen LogP contribution in [0.5, 0.6) is 0 Å². The zero-order valence-electron chi connectivity index (χ0n) is 29.8. The average molecular weight is 1460 g/mol. The van der Waals surface area contributed by atoms with Crippen molar-refractivity contribution >= 4 is 171 Å². The van der Waals surface area contributed by atoms with Crippen molar-refractivity contribution in [2.24, 2.45) is 0 Å². The SMILES string of the molecule is CC(=O)N(CC(O)CN(C(C)=O)c1c(I)cc(I)c(C(=O)N(CC(O)CO)CC(O)CO)c1I)c1c(I)cc(I)c(C(=O)N(CC(O)CO)CC(O)CO)c1I. The highest BCUT2D eigenvalue weighted by Crippen LogP contribution is 2.37. The summed E-state index contributed by atoms with van der Waals surface area (Å²) in [4.78, 5) is 59.1. The van der Waals surface area contributed by atoms with Gasteiger partial charge in [-0.15, -0.1) is 0 Å². The molecular weight excluding hydrogens is 1420 g/mol. The van der Waals surface area contributed by atoms with E-state index in [0.29, 0.717) is 21.4 Å². The molecule has 2 aromatic rings. The molecule has 17 nitrogen and oxygen atoms in total. The molecule has 0 radical (unpaired) electrons. The Morgan fingerprint density at radius 2 is 0.750 bits per heavy atom. The lowest BCUT2D eigenvalue weighted by atomic mass is 10.1. The Hall–Kier alpha value is 0.340.